The van der Waals surface area contributed by atoms with Crippen LogP contribution in [-0.4, -0.2) is 170 Å². The summed E-state index contributed by atoms with van der Waals surface area (Å²) >= 11 is 9.04. The van der Waals surface area contributed by atoms with E-state index in [1.165, 1.54) is 24.1 Å². The third kappa shape index (κ3) is 25.5. The molecule has 24 nitrogen and oxygen atoms in total. The summed E-state index contributed by atoms with van der Waals surface area (Å²) in [4.78, 5) is 91.5. The van der Waals surface area contributed by atoms with Gasteiger partial charge in [-0.05, 0) is 237 Å². The van der Waals surface area contributed by atoms with Crippen molar-refractivity contribution in [3.63, 3.8) is 0 Å². The van der Waals surface area contributed by atoms with Crippen molar-refractivity contribution in [3.8, 4) is 44.5 Å². The second-order valence-electron chi connectivity index (χ2n) is 37.8. The second-order valence-corrected chi connectivity index (χ2v) is 39.0. The lowest BCUT2D eigenvalue weighted by Gasteiger charge is -2.35. The van der Waals surface area contributed by atoms with E-state index < -0.39 is 12.7 Å². The monoisotopic (exact) mass is 1830 g/mol. The first-order valence-corrected chi connectivity index (χ1v) is 45.2. The summed E-state index contributed by atoms with van der Waals surface area (Å²) in [7, 11) is 8.44. The molecule has 128 heavy (non-hydrogen) atoms. The van der Waals surface area contributed by atoms with Gasteiger partial charge in [0.05, 0.1) is 24.4 Å². The average molecular weight is 1830 g/mol. The lowest BCUT2D eigenvalue weighted by Crippen LogP contribution is -2.49. The molecule has 0 saturated carbocycles. The molecule has 27 heteroatoms. The van der Waals surface area contributed by atoms with Crippen LogP contribution < -0.4 is 43.9 Å². The van der Waals surface area contributed by atoms with Gasteiger partial charge in [0.2, 0.25) is 0 Å². The standard InChI is InChI=1S/C24H31N3O3.C19H23N3O.C14H14ClNO.C14H15NO2.C13H20BNO3.C10H18N2O2.C7H7BrO/c1-16-10-19(13-25(5)22(16)28)18-8-6-17(7-9-18)12-26-14-21-11-20(26)15-27(21)23(29)30-24(2,3)4;1-13-7-16(11-21(2)19(13)23)15-5-3-14(4-6-15)10-22-12-17-8-18(22)9-20-17;1-10-7-13(9-16(2)14(10)17)12-5-3-11(8-15)4-6-12;1-10-7-13(8-15(2)14(10)17)12-5-3-11(9-16)4-6-12;1-9-7-10(8-15(6)11(9)16)14-17-12(2,3)13(4,5)18-14;1-10(2,3)14-9(13)12-6-7-4-8(12)5-11-7;8-7-3-1-6(5-9)2-4-7/h6-10,13,20-21H,11-12,14-15H2,1-5H3;3-7,11,17-18,20H,8-10,12H2,1-2H3;3-7,9H,8H2,1-2H3;3-8,16H,9H2,1-2H3;7-8H,1-6H3;7-8,11H,4-6H2,1-3H3;1-4,9H,5H2/t20-,21-;17-,18-;;;;7-,8-;/m00...0./s1. The van der Waals surface area contributed by atoms with Crippen molar-refractivity contribution in [2.75, 3.05) is 39.3 Å². The third-order valence-electron chi connectivity index (χ3n) is 24.5. The van der Waals surface area contributed by atoms with Gasteiger partial charge in [0.15, 0.2) is 0 Å². The van der Waals surface area contributed by atoms with Crippen molar-refractivity contribution >= 4 is 52.3 Å². The smallest absolute Gasteiger partial charge is 0.444 e. The van der Waals surface area contributed by atoms with Crippen LogP contribution in [-0.2, 0) is 86.2 Å². The van der Waals surface area contributed by atoms with Crippen molar-refractivity contribution < 1.29 is 38.6 Å². The Morgan fingerprint density at radius 1 is 0.422 bits per heavy atom. The number of rotatable bonds is 12. The number of alkyl halides is 1. The molecular formula is C101H128BBrClN11O13. The van der Waals surface area contributed by atoms with Crippen molar-refractivity contribution in [2.24, 2.45) is 35.2 Å². The van der Waals surface area contributed by atoms with E-state index in [1.807, 2.05) is 242 Å². The molecule has 7 saturated heterocycles. The van der Waals surface area contributed by atoms with Gasteiger partial charge in [-0.3, -0.25) is 33.8 Å². The number of aliphatic hydroxyl groups is 2. The molecule has 0 unspecified atom stereocenters. The number of likely N-dealkylation sites (tertiary alicyclic amines) is 4. The first-order chi connectivity index (χ1) is 60.3. The zero-order chi connectivity index (χ0) is 93.2. The van der Waals surface area contributed by atoms with Crippen molar-refractivity contribution in [2.45, 2.75) is 214 Å². The Bertz CT molecular complexity index is 5590. The molecule has 17 rings (SSSR count). The highest BCUT2D eigenvalue weighted by Gasteiger charge is 2.52. The number of pyridine rings is 5. The molecule has 0 radical (unpaired) electrons. The molecule has 2 amide bonds. The maximum absolute atomic E-state index is 12.4. The SMILES string of the molecule is CC(C)(C)OC(=O)N1C[C@@H]2C[C@H]1CN2.Cc1cc(-c2ccc(CCl)cc2)cn(C)c1=O.Cc1cc(-c2ccc(CN3C[C@@H]4C[C@H]3CN4)cc2)cn(C)c1=O.Cc1cc(-c2ccc(CN3C[C@@H]4C[C@H]3CN4C(=O)OC(C)(C)C)cc2)cn(C)c1=O.Cc1cc(-c2ccc(CO)cc2)cn(C)c1=O.Cc1cc(B2OC(C)(C)C(C)(C)O2)cn(C)c1=O.OCc1ccc(Br)cc1. The third-order valence-corrected chi connectivity index (χ3v) is 25.4. The van der Waals surface area contributed by atoms with Crippen LogP contribution in [0, 0.1) is 34.6 Å². The number of ether oxygens (including phenoxy) is 2. The highest BCUT2D eigenvalue weighted by atomic mass is 79.9. The van der Waals surface area contributed by atoms with Gasteiger partial charge in [-0.25, -0.2) is 9.59 Å². The Balaban J connectivity index is 0.000000148. The number of piperazine rings is 3. The molecule has 5 aromatic carbocycles. The van der Waals surface area contributed by atoms with Crippen molar-refractivity contribution in [1.82, 2.24) is 53.1 Å². The molecule has 4 N–H and O–H groups in total. The van der Waals surface area contributed by atoms with E-state index in [9.17, 15) is 33.6 Å². The number of nitrogens with one attached hydrogen (secondary N) is 2. The quantitative estimate of drug-likeness (QED) is 0.0655. The molecule has 10 aromatic rings. The van der Waals surface area contributed by atoms with Crippen LogP contribution in [0.3, 0.4) is 0 Å². The first-order valence-electron chi connectivity index (χ1n) is 43.9. The number of fused-ring (bicyclic) bond motifs is 6. The number of aryl methyl sites for hydroxylation is 10. The average Bonchev–Trinajstić information content (AvgIpc) is 1.63. The van der Waals surface area contributed by atoms with Crippen LogP contribution in [0.2, 0.25) is 0 Å². The van der Waals surface area contributed by atoms with Gasteiger partial charge < -0.3 is 72.3 Å². The van der Waals surface area contributed by atoms with E-state index in [4.69, 9.17) is 40.6 Å². The molecule has 7 aliphatic heterocycles. The summed E-state index contributed by atoms with van der Waals surface area (Å²) in [6, 6.07) is 53.1. The summed E-state index contributed by atoms with van der Waals surface area (Å²) in [5, 5.41) is 24.5. The number of amides is 2. The van der Waals surface area contributed by atoms with E-state index >= 15 is 0 Å². The van der Waals surface area contributed by atoms with Crippen LogP contribution in [0.15, 0.2) is 211 Å². The number of halogens is 2. The second kappa shape index (κ2) is 42.2. The van der Waals surface area contributed by atoms with E-state index in [0.717, 1.165) is 152 Å². The number of benzene rings is 5. The lowest BCUT2D eigenvalue weighted by molar-refractivity contribution is 0.00578. The highest BCUT2D eigenvalue weighted by Crippen LogP contribution is 2.38. The normalized spacial score (nSPS) is 19.1. The Morgan fingerprint density at radius 3 is 1.04 bits per heavy atom. The molecule has 0 spiro atoms. The van der Waals surface area contributed by atoms with Crippen LogP contribution >= 0.6 is 27.5 Å². The molecule has 6 bridgehead atoms. The fourth-order valence-electron chi connectivity index (χ4n) is 16.8. The Labute approximate surface area is 766 Å². The van der Waals surface area contributed by atoms with Crippen molar-refractivity contribution in [3.05, 3.63) is 295 Å². The summed E-state index contributed by atoms with van der Waals surface area (Å²) in [5.41, 5.74) is 17.4. The number of aromatic nitrogens is 5. The lowest BCUT2D eigenvalue weighted by atomic mass is 9.80. The van der Waals surface area contributed by atoms with Crippen molar-refractivity contribution in [1.29, 1.82) is 0 Å². The number of aliphatic hydroxyl groups excluding tert-OH is 2. The summed E-state index contributed by atoms with van der Waals surface area (Å²) < 4.78 is 31.9. The Kier molecular flexibility index (Phi) is 32.5. The predicted molar refractivity (Wildman–Crippen MR) is 514 cm³/mol. The fraction of sp³-hybridized carbons (Fsp3) is 0.436. The van der Waals surface area contributed by atoms with Gasteiger partial charge >= 0.3 is 19.3 Å². The Hall–Kier alpha value is -10.1. The van der Waals surface area contributed by atoms with Gasteiger partial charge in [0.25, 0.3) is 27.8 Å². The predicted octanol–water partition coefficient (Wildman–Crippen LogP) is 14.3. The van der Waals surface area contributed by atoms with Crippen LogP contribution in [0.1, 0.15) is 144 Å². The zero-order valence-corrected chi connectivity index (χ0v) is 80.3. The van der Waals surface area contributed by atoms with Gasteiger partial charge in [-0.2, -0.15) is 0 Å². The summed E-state index contributed by atoms with van der Waals surface area (Å²) in [5.74, 6) is 0.520. The number of hydrogen-bond acceptors (Lipinski definition) is 17. The molecule has 682 valence electrons. The maximum Gasteiger partial charge on any atom is 0.496 e. The van der Waals surface area contributed by atoms with Crippen LogP contribution in [0.4, 0.5) is 9.59 Å². The molecule has 7 fully saturated rings. The number of carbonyl (C=O) groups is 2. The number of nitrogens with zero attached hydrogens (tertiary/aromatic N) is 9. The topological polar surface area (TPSA) is 259 Å². The van der Waals surface area contributed by atoms with Crippen LogP contribution in [0.5, 0.6) is 0 Å². The van der Waals surface area contributed by atoms with E-state index in [2.05, 4.69) is 84.9 Å². The maximum atomic E-state index is 12.4. The number of hydrogen-bond donors (Lipinski definition) is 4. The van der Waals surface area contributed by atoms with E-state index in [1.54, 1.807) is 64.1 Å². The minimum atomic E-state index is -0.454. The van der Waals surface area contributed by atoms with Gasteiger partial charge in [0.1, 0.15) is 11.2 Å². The highest BCUT2D eigenvalue weighted by molar-refractivity contribution is 9.10. The minimum absolute atomic E-state index is 0.00951. The fourth-order valence-corrected chi connectivity index (χ4v) is 17.3. The largest absolute Gasteiger partial charge is 0.496 e. The number of carbonyl (C=O) groups excluding carboxylic acids is 2. The van der Waals surface area contributed by atoms with E-state index in [0.29, 0.717) is 41.7 Å². The molecule has 12 heterocycles. The molecule has 5 aromatic heterocycles. The molecule has 0 aliphatic carbocycles. The van der Waals surface area contributed by atoms with Gasteiger partial charge in [-0.15, -0.1) is 11.6 Å². The molecule has 6 atom stereocenters. The molecule has 7 aliphatic rings. The summed E-state index contributed by atoms with van der Waals surface area (Å²) in [6.07, 6.45) is 12.3. The van der Waals surface area contributed by atoms with E-state index in [-0.39, 0.29) is 76.0 Å². The zero-order valence-electron chi connectivity index (χ0n) is 77.9. The summed E-state index contributed by atoms with van der Waals surface area (Å²) in [6.45, 7) is 36.4. The molecular weight excluding hydrogens is 1700 g/mol. The van der Waals surface area contributed by atoms with Gasteiger partial charge in [-0.1, -0.05) is 131 Å². The Morgan fingerprint density at radius 2 is 0.742 bits per heavy atom. The van der Waals surface area contributed by atoms with Crippen LogP contribution in [0.25, 0.3) is 44.5 Å². The first kappa shape index (κ1) is 98.5. The minimum Gasteiger partial charge on any atom is -0.444 e. The van der Waals surface area contributed by atoms with Gasteiger partial charge in [0, 0.05) is 193 Å².